The molecule has 1 amide bonds. The average Bonchev–Trinajstić information content (AvgIpc) is 2.45. The van der Waals surface area contributed by atoms with Gasteiger partial charge in [-0.3, -0.25) is 4.79 Å². The highest BCUT2D eigenvalue weighted by molar-refractivity contribution is 9.10. The van der Waals surface area contributed by atoms with E-state index in [1.807, 2.05) is 25.1 Å². The number of amides is 1. The van der Waals surface area contributed by atoms with Crippen LogP contribution >= 0.6 is 15.9 Å². The number of anilines is 1. The van der Waals surface area contributed by atoms with E-state index in [4.69, 9.17) is 0 Å². The zero-order valence-electron chi connectivity index (χ0n) is 12.2. The molecule has 0 heterocycles. The average molecular weight is 347 g/mol. The zero-order chi connectivity index (χ0) is 15.2. The molecule has 2 N–H and O–H groups in total. The first-order valence-electron chi connectivity index (χ1n) is 6.87. The molecule has 21 heavy (non-hydrogen) atoms. The van der Waals surface area contributed by atoms with Crippen LogP contribution in [0.2, 0.25) is 0 Å². The zero-order valence-corrected chi connectivity index (χ0v) is 13.8. The summed E-state index contributed by atoms with van der Waals surface area (Å²) < 4.78 is 1.04. The lowest BCUT2D eigenvalue weighted by molar-refractivity contribution is -0.115. The molecule has 110 valence electrons. The topological polar surface area (TPSA) is 41.1 Å². The summed E-state index contributed by atoms with van der Waals surface area (Å²) >= 11 is 3.44. The molecule has 2 aromatic carbocycles. The summed E-state index contributed by atoms with van der Waals surface area (Å²) in [5.74, 6) is -0.0381. The molecular formula is C17H19BrN2O. The highest BCUT2D eigenvalue weighted by atomic mass is 79.9. The number of nitrogens with one attached hydrogen (secondary N) is 2. The molecule has 0 bridgehead atoms. The van der Waals surface area contributed by atoms with E-state index < -0.39 is 0 Å². The Morgan fingerprint density at radius 1 is 1.10 bits per heavy atom. The third kappa shape index (κ3) is 4.99. The van der Waals surface area contributed by atoms with Crippen LogP contribution in [0.3, 0.4) is 0 Å². The SMILES string of the molecule is Cc1ccc(CNCC(=O)Nc2ccc(Br)c(C)c2)cc1. The normalized spacial score (nSPS) is 10.4. The van der Waals surface area contributed by atoms with Crippen molar-refractivity contribution in [3.63, 3.8) is 0 Å². The molecule has 3 nitrogen and oxygen atoms in total. The maximum Gasteiger partial charge on any atom is 0.238 e. The minimum atomic E-state index is -0.0381. The number of aryl methyl sites for hydroxylation is 2. The van der Waals surface area contributed by atoms with E-state index >= 15 is 0 Å². The highest BCUT2D eigenvalue weighted by Crippen LogP contribution is 2.19. The molecule has 0 aromatic heterocycles. The fourth-order valence-electron chi connectivity index (χ4n) is 1.95. The fourth-order valence-corrected chi connectivity index (χ4v) is 2.20. The summed E-state index contributed by atoms with van der Waals surface area (Å²) in [5.41, 5.74) is 4.33. The van der Waals surface area contributed by atoms with Crippen molar-refractivity contribution in [1.29, 1.82) is 0 Å². The van der Waals surface area contributed by atoms with Crippen molar-refractivity contribution in [3.05, 3.63) is 63.6 Å². The third-order valence-electron chi connectivity index (χ3n) is 3.18. The molecule has 0 aliphatic heterocycles. The minimum Gasteiger partial charge on any atom is -0.325 e. The summed E-state index contributed by atoms with van der Waals surface area (Å²) in [6.45, 7) is 5.04. The van der Waals surface area contributed by atoms with Gasteiger partial charge < -0.3 is 10.6 Å². The second kappa shape index (κ2) is 7.38. The van der Waals surface area contributed by atoms with Gasteiger partial charge in [0.1, 0.15) is 0 Å². The van der Waals surface area contributed by atoms with Gasteiger partial charge in [-0.25, -0.2) is 0 Å². The van der Waals surface area contributed by atoms with Crippen molar-refractivity contribution < 1.29 is 4.79 Å². The van der Waals surface area contributed by atoms with E-state index in [2.05, 4.69) is 57.8 Å². The Morgan fingerprint density at radius 2 is 1.81 bits per heavy atom. The molecule has 0 atom stereocenters. The number of hydrogen-bond acceptors (Lipinski definition) is 2. The van der Waals surface area contributed by atoms with Gasteiger partial charge in [-0.2, -0.15) is 0 Å². The van der Waals surface area contributed by atoms with Gasteiger partial charge in [0.2, 0.25) is 5.91 Å². The first kappa shape index (κ1) is 15.7. The molecule has 4 heteroatoms. The maximum absolute atomic E-state index is 11.9. The lowest BCUT2D eigenvalue weighted by Crippen LogP contribution is -2.27. The van der Waals surface area contributed by atoms with Crippen LogP contribution in [0.4, 0.5) is 5.69 Å². The molecule has 0 saturated carbocycles. The largest absolute Gasteiger partial charge is 0.325 e. The van der Waals surface area contributed by atoms with Gasteiger partial charge in [-0.1, -0.05) is 45.8 Å². The van der Waals surface area contributed by atoms with Crippen molar-refractivity contribution in [2.75, 3.05) is 11.9 Å². The van der Waals surface area contributed by atoms with Crippen LogP contribution in [0.5, 0.6) is 0 Å². The molecule has 0 aliphatic rings. The Labute approximate surface area is 133 Å². The van der Waals surface area contributed by atoms with Gasteiger partial charge in [0.05, 0.1) is 6.54 Å². The Bertz CT molecular complexity index is 623. The van der Waals surface area contributed by atoms with E-state index in [9.17, 15) is 4.79 Å². The van der Waals surface area contributed by atoms with Crippen LogP contribution in [-0.2, 0) is 11.3 Å². The van der Waals surface area contributed by atoms with Gasteiger partial charge in [0, 0.05) is 16.7 Å². The van der Waals surface area contributed by atoms with Gasteiger partial charge in [0.25, 0.3) is 0 Å². The van der Waals surface area contributed by atoms with Crippen molar-refractivity contribution in [2.45, 2.75) is 20.4 Å². The summed E-state index contributed by atoms with van der Waals surface area (Å²) in [6, 6.07) is 14.0. The number of benzene rings is 2. The Morgan fingerprint density at radius 3 is 2.48 bits per heavy atom. The van der Waals surface area contributed by atoms with E-state index in [0.717, 1.165) is 15.7 Å². The Hall–Kier alpha value is -1.65. The first-order chi connectivity index (χ1) is 10.0. The molecule has 0 radical (unpaired) electrons. The monoisotopic (exact) mass is 346 g/mol. The number of rotatable bonds is 5. The maximum atomic E-state index is 11.9. The van der Waals surface area contributed by atoms with Gasteiger partial charge in [-0.05, 0) is 43.2 Å². The number of carbonyl (C=O) groups is 1. The van der Waals surface area contributed by atoms with Crippen LogP contribution in [0, 0.1) is 13.8 Å². The molecule has 2 aromatic rings. The predicted molar refractivity (Wildman–Crippen MR) is 90.4 cm³/mol. The molecular weight excluding hydrogens is 328 g/mol. The first-order valence-corrected chi connectivity index (χ1v) is 7.66. The summed E-state index contributed by atoms with van der Waals surface area (Å²) in [4.78, 5) is 11.9. The third-order valence-corrected chi connectivity index (χ3v) is 4.07. The van der Waals surface area contributed by atoms with E-state index in [1.165, 1.54) is 11.1 Å². The standard InChI is InChI=1S/C17H19BrN2O/c1-12-3-5-14(6-4-12)10-19-11-17(21)20-15-7-8-16(18)13(2)9-15/h3-9,19H,10-11H2,1-2H3,(H,20,21). The molecule has 2 rings (SSSR count). The van der Waals surface area contributed by atoms with E-state index in [0.29, 0.717) is 13.1 Å². The smallest absolute Gasteiger partial charge is 0.238 e. The molecule has 0 unspecified atom stereocenters. The number of hydrogen-bond donors (Lipinski definition) is 2. The second-order valence-electron chi connectivity index (χ2n) is 5.10. The van der Waals surface area contributed by atoms with E-state index in [1.54, 1.807) is 0 Å². The predicted octanol–water partition coefficient (Wildman–Crippen LogP) is 3.79. The van der Waals surface area contributed by atoms with Crippen molar-refractivity contribution in [1.82, 2.24) is 5.32 Å². The van der Waals surface area contributed by atoms with Crippen LogP contribution < -0.4 is 10.6 Å². The summed E-state index contributed by atoms with van der Waals surface area (Å²) in [6.07, 6.45) is 0. The van der Waals surface area contributed by atoms with Crippen molar-refractivity contribution in [3.8, 4) is 0 Å². The van der Waals surface area contributed by atoms with Crippen molar-refractivity contribution >= 4 is 27.5 Å². The van der Waals surface area contributed by atoms with Crippen LogP contribution in [0.25, 0.3) is 0 Å². The van der Waals surface area contributed by atoms with Gasteiger partial charge in [0.15, 0.2) is 0 Å². The summed E-state index contributed by atoms with van der Waals surface area (Å²) in [5, 5.41) is 6.03. The Kier molecular flexibility index (Phi) is 5.53. The molecule has 0 aliphatic carbocycles. The van der Waals surface area contributed by atoms with Gasteiger partial charge >= 0.3 is 0 Å². The lowest BCUT2D eigenvalue weighted by Gasteiger charge is -2.08. The molecule has 0 spiro atoms. The van der Waals surface area contributed by atoms with Crippen LogP contribution in [0.15, 0.2) is 46.9 Å². The minimum absolute atomic E-state index is 0.0381. The molecule has 0 saturated heterocycles. The number of carbonyl (C=O) groups excluding carboxylic acids is 1. The molecule has 0 fully saturated rings. The summed E-state index contributed by atoms with van der Waals surface area (Å²) in [7, 11) is 0. The van der Waals surface area contributed by atoms with Crippen molar-refractivity contribution in [2.24, 2.45) is 0 Å². The quantitative estimate of drug-likeness (QED) is 0.864. The number of halogens is 1. The Balaban J connectivity index is 1.79. The van der Waals surface area contributed by atoms with Gasteiger partial charge in [-0.15, -0.1) is 0 Å². The van der Waals surface area contributed by atoms with Crippen LogP contribution in [-0.4, -0.2) is 12.5 Å². The lowest BCUT2D eigenvalue weighted by atomic mass is 10.1. The highest BCUT2D eigenvalue weighted by Gasteiger charge is 2.03. The fraction of sp³-hybridized carbons (Fsp3) is 0.235. The van der Waals surface area contributed by atoms with E-state index in [-0.39, 0.29) is 5.91 Å². The van der Waals surface area contributed by atoms with Crippen LogP contribution in [0.1, 0.15) is 16.7 Å². The second-order valence-corrected chi connectivity index (χ2v) is 5.96.